The first kappa shape index (κ1) is 23.0. The first-order valence-corrected chi connectivity index (χ1v) is 11.5. The number of carbonyl (C=O) groups excluding carboxylic acids is 1. The van der Waals surface area contributed by atoms with Crippen LogP contribution in [0.15, 0.2) is 74.9 Å². The predicted molar refractivity (Wildman–Crippen MR) is 131 cm³/mol. The summed E-state index contributed by atoms with van der Waals surface area (Å²) in [5.41, 5.74) is 7.77. The third-order valence-electron chi connectivity index (χ3n) is 5.77. The number of carbonyl (C=O) groups is 1. The lowest BCUT2D eigenvalue weighted by atomic mass is 9.83. The van der Waals surface area contributed by atoms with Gasteiger partial charge in [-0.25, -0.2) is 9.18 Å². The summed E-state index contributed by atoms with van der Waals surface area (Å²) in [6.45, 7) is 1.77. The maximum atomic E-state index is 14.8. The maximum Gasteiger partial charge on any atom is 0.379 e. The minimum Gasteiger partial charge on any atom is -0.449 e. The highest BCUT2D eigenvalue weighted by Crippen LogP contribution is 2.46. The Morgan fingerprint density at radius 1 is 1.23 bits per heavy atom. The zero-order valence-electron chi connectivity index (χ0n) is 18.1. The van der Waals surface area contributed by atoms with E-state index in [1.165, 1.54) is 30.3 Å². The van der Waals surface area contributed by atoms with Gasteiger partial charge in [-0.2, -0.15) is 5.26 Å². The van der Waals surface area contributed by atoms with E-state index < -0.39 is 17.7 Å². The first-order valence-electron chi connectivity index (χ1n) is 10.3. The molecule has 1 aromatic heterocycles. The molecule has 1 unspecified atom stereocenters. The van der Waals surface area contributed by atoms with Crippen LogP contribution in [0.25, 0.3) is 11.0 Å². The van der Waals surface area contributed by atoms with Crippen LogP contribution in [0, 0.1) is 24.1 Å². The van der Waals surface area contributed by atoms with Crippen molar-refractivity contribution in [3.05, 3.63) is 104 Å². The predicted octanol–water partition coefficient (Wildman–Crippen LogP) is 6.73. The van der Waals surface area contributed by atoms with E-state index in [-0.39, 0.29) is 39.3 Å². The van der Waals surface area contributed by atoms with Crippen molar-refractivity contribution in [2.24, 2.45) is 5.73 Å². The first-order chi connectivity index (χ1) is 16.8. The van der Waals surface area contributed by atoms with Crippen molar-refractivity contribution in [1.82, 2.24) is 0 Å². The Balaban J connectivity index is 1.52. The van der Waals surface area contributed by atoms with Gasteiger partial charge in [-0.3, -0.25) is 0 Å². The van der Waals surface area contributed by atoms with Gasteiger partial charge < -0.3 is 19.6 Å². The minimum absolute atomic E-state index is 0.0262. The van der Waals surface area contributed by atoms with Gasteiger partial charge in [-0.1, -0.05) is 39.7 Å². The van der Waals surface area contributed by atoms with E-state index in [4.69, 9.17) is 31.2 Å². The van der Waals surface area contributed by atoms with Crippen LogP contribution >= 0.6 is 27.5 Å². The molecule has 1 aliphatic rings. The van der Waals surface area contributed by atoms with E-state index in [1.54, 1.807) is 19.1 Å². The average Bonchev–Trinajstić information content (AvgIpc) is 3.14. The van der Waals surface area contributed by atoms with Crippen LogP contribution in [0.2, 0.25) is 5.02 Å². The molecular formula is C26H15BrClFN2O4. The highest BCUT2D eigenvalue weighted by molar-refractivity contribution is 9.10. The molecule has 2 N–H and O–H groups in total. The number of halogens is 3. The normalized spacial score (nSPS) is 14.9. The number of allylic oxidation sites excluding steroid dienone is 1. The van der Waals surface area contributed by atoms with Crippen molar-refractivity contribution in [3.8, 4) is 17.6 Å². The van der Waals surface area contributed by atoms with Gasteiger partial charge in [0.05, 0.1) is 5.92 Å². The number of nitrogens with zero attached hydrogens (tertiary/aromatic N) is 1. The van der Waals surface area contributed by atoms with Crippen molar-refractivity contribution in [3.63, 3.8) is 0 Å². The Bertz CT molecular complexity index is 1580. The highest BCUT2D eigenvalue weighted by atomic mass is 79.9. The average molecular weight is 554 g/mol. The summed E-state index contributed by atoms with van der Waals surface area (Å²) in [7, 11) is 0. The summed E-state index contributed by atoms with van der Waals surface area (Å²) in [6, 6.07) is 16.2. The zero-order valence-corrected chi connectivity index (χ0v) is 20.4. The number of furan rings is 1. The Kier molecular flexibility index (Phi) is 5.75. The van der Waals surface area contributed by atoms with E-state index in [0.717, 1.165) is 9.86 Å². The van der Waals surface area contributed by atoms with E-state index in [0.29, 0.717) is 16.7 Å². The van der Waals surface area contributed by atoms with E-state index >= 15 is 0 Å². The van der Waals surface area contributed by atoms with Crippen molar-refractivity contribution in [2.45, 2.75) is 12.8 Å². The lowest BCUT2D eigenvalue weighted by molar-refractivity contribution is 0.0702. The number of nitrogens with two attached hydrogens (primary N) is 1. The van der Waals surface area contributed by atoms with Gasteiger partial charge in [-0.05, 0) is 43.3 Å². The molecule has 0 bridgehead atoms. The second-order valence-electron chi connectivity index (χ2n) is 7.85. The number of rotatable bonds is 3. The molecule has 9 heteroatoms. The van der Waals surface area contributed by atoms with Crippen LogP contribution < -0.4 is 15.2 Å². The Morgan fingerprint density at radius 3 is 2.77 bits per heavy atom. The van der Waals surface area contributed by atoms with Crippen LogP contribution in [0.3, 0.4) is 0 Å². The molecule has 0 saturated heterocycles. The van der Waals surface area contributed by atoms with E-state index in [1.807, 2.05) is 18.2 Å². The summed E-state index contributed by atoms with van der Waals surface area (Å²) in [5.74, 6) is -1.93. The number of aryl methyl sites for hydroxylation is 1. The van der Waals surface area contributed by atoms with Gasteiger partial charge in [0.15, 0.2) is 0 Å². The van der Waals surface area contributed by atoms with Crippen molar-refractivity contribution >= 4 is 44.5 Å². The molecule has 1 atom stereocenters. The lowest BCUT2D eigenvalue weighted by Gasteiger charge is -2.27. The quantitative estimate of drug-likeness (QED) is 0.223. The van der Waals surface area contributed by atoms with Crippen molar-refractivity contribution < 1.29 is 23.1 Å². The Hall–Kier alpha value is -3.80. The molecule has 1 aliphatic heterocycles. The minimum atomic E-state index is -0.890. The summed E-state index contributed by atoms with van der Waals surface area (Å²) >= 11 is 9.70. The van der Waals surface area contributed by atoms with Crippen LogP contribution in [0.5, 0.6) is 11.5 Å². The molecule has 2 heterocycles. The molecule has 4 aromatic rings. The monoisotopic (exact) mass is 552 g/mol. The molecule has 5 rings (SSSR count). The van der Waals surface area contributed by atoms with Crippen LogP contribution in [0.4, 0.5) is 4.39 Å². The molecule has 0 aliphatic carbocycles. The molecule has 0 spiro atoms. The SMILES string of the molecule is Cc1c(C(=O)Oc2ccc3c(c2)OC(N)=C(C#N)C3c2c(F)cccc2Cl)oc2ccc(Br)cc12. The molecular weight excluding hydrogens is 539 g/mol. The smallest absolute Gasteiger partial charge is 0.379 e. The van der Waals surface area contributed by atoms with Crippen molar-refractivity contribution in [1.29, 1.82) is 5.26 Å². The third kappa shape index (κ3) is 3.93. The zero-order chi connectivity index (χ0) is 24.9. The van der Waals surface area contributed by atoms with E-state index in [9.17, 15) is 14.4 Å². The second kappa shape index (κ2) is 8.77. The second-order valence-corrected chi connectivity index (χ2v) is 9.17. The van der Waals surface area contributed by atoms with Gasteiger partial charge in [0.25, 0.3) is 0 Å². The summed E-state index contributed by atoms with van der Waals surface area (Å²) in [4.78, 5) is 12.9. The third-order valence-corrected chi connectivity index (χ3v) is 6.60. The molecule has 0 saturated carbocycles. The fourth-order valence-corrected chi connectivity index (χ4v) is 4.76. The molecule has 35 heavy (non-hydrogen) atoms. The fraction of sp³-hybridized carbons (Fsp3) is 0.0769. The molecule has 6 nitrogen and oxygen atoms in total. The number of hydrogen-bond acceptors (Lipinski definition) is 6. The number of nitriles is 1. The van der Waals surface area contributed by atoms with Crippen molar-refractivity contribution in [2.75, 3.05) is 0 Å². The molecule has 174 valence electrons. The topological polar surface area (TPSA) is 98.5 Å². The van der Waals surface area contributed by atoms with Gasteiger partial charge in [-0.15, -0.1) is 0 Å². The van der Waals surface area contributed by atoms with Gasteiger partial charge in [0.2, 0.25) is 11.6 Å². The van der Waals surface area contributed by atoms with Gasteiger partial charge in [0.1, 0.15) is 34.5 Å². The molecule has 3 aromatic carbocycles. The van der Waals surface area contributed by atoms with Crippen LogP contribution in [0.1, 0.15) is 33.2 Å². The molecule has 0 amide bonds. The van der Waals surface area contributed by atoms with Crippen LogP contribution in [-0.4, -0.2) is 5.97 Å². The van der Waals surface area contributed by atoms with E-state index in [2.05, 4.69) is 15.9 Å². The highest BCUT2D eigenvalue weighted by Gasteiger charge is 2.34. The molecule has 0 radical (unpaired) electrons. The Labute approximate surface area is 212 Å². The number of benzene rings is 3. The molecule has 0 fully saturated rings. The lowest BCUT2D eigenvalue weighted by Crippen LogP contribution is -2.22. The number of hydrogen-bond donors (Lipinski definition) is 1. The summed E-state index contributed by atoms with van der Waals surface area (Å²) in [5, 5.41) is 10.6. The van der Waals surface area contributed by atoms with Gasteiger partial charge in [0, 0.05) is 37.6 Å². The number of fused-ring (bicyclic) bond motifs is 2. The number of esters is 1. The van der Waals surface area contributed by atoms with Crippen LogP contribution in [-0.2, 0) is 0 Å². The maximum absolute atomic E-state index is 14.8. The summed E-state index contributed by atoms with van der Waals surface area (Å²) < 4.78 is 32.5. The summed E-state index contributed by atoms with van der Waals surface area (Å²) in [6.07, 6.45) is 0. The largest absolute Gasteiger partial charge is 0.449 e. The standard InChI is InChI=1S/C26H15BrClFN2O4/c1-12-16-9-13(27)5-8-20(16)34-24(12)26(32)33-14-6-7-15-21(10-14)35-25(31)17(11-30)22(15)23-18(28)3-2-4-19(23)29/h2-10,22H,31H2,1H3. The van der Waals surface area contributed by atoms with Gasteiger partial charge >= 0.3 is 5.97 Å². The Morgan fingerprint density at radius 2 is 2.03 bits per heavy atom. The number of ether oxygens (including phenoxy) is 2. The fourth-order valence-electron chi connectivity index (χ4n) is 4.12.